The third kappa shape index (κ3) is 5.26. The Labute approximate surface area is 119 Å². The van der Waals surface area contributed by atoms with Crippen LogP contribution in [0.25, 0.3) is 0 Å². The first-order valence-electron chi connectivity index (χ1n) is 6.72. The molecule has 6 heteroatoms. The van der Waals surface area contributed by atoms with Gasteiger partial charge in [0.05, 0.1) is 5.56 Å². The van der Waals surface area contributed by atoms with Crippen LogP contribution in [0.2, 0.25) is 0 Å². The van der Waals surface area contributed by atoms with E-state index >= 15 is 0 Å². The van der Waals surface area contributed by atoms with Gasteiger partial charge in [0.25, 0.3) is 5.91 Å². The molecule has 1 aromatic heterocycles. The summed E-state index contributed by atoms with van der Waals surface area (Å²) in [6, 6.07) is 3.39. The smallest absolute Gasteiger partial charge is 0.255 e. The molecular formula is C14H22N4O2. The van der Waals surface area contributed by atoms with Gasteiger partial charge in [-0.2, -0.15) is 0 Å². The largest absolute Gasteiger partial charge is 0.372 e. The predicted octanol–water partition coefficient (Wildman–Crippen LogP) is 1.02. The van der Waals surface area contributed by atoms with Crippen LogP contribution in [0.15, 0.2) is 18.3 Å². The van der Waals surface area contributed by atoms with Crippen LogP contribution in [0, 0.1) is 5.92 Å². The molecule has 0 aliphatic rings. The molecule has 0 unspecified atom stereocenters. The van der Waals surface area contributed by atoms with Crippen LogP contribution in [-0.2, 0) is 4.79 Å². The van der Waals surface area contributed by atoms with Gasteiger partial charge in [-0.1, -0.05) is 13.8 Å². The Balaban J connectivity index is 2.38. The first kappa shape index (κ1) is 15.9. The summed E-state index contributed by atoms with van der Waals surface area (Å²) >= 11 is 0. The molecule has 2 amide bonds. The molecule has 0 radical (unpaired) electrons. The summed E-state index contributed by atoms with van der Waals surface area (Å²) in [5, 5.41) is 8.37. The van der Waals surface area contributed by atoms with E-state index < -0.39 is 0 Å². The van der Waals surface area contributed by atoms with Gasteiger partial charge in [0, 0.05) is 32.8 Å². The fourth-order valence-corrected chi connectivity index (χ4v) is 1.58. The maximum Gasteiger partial charge on any atom is 0.255 e. The summed E-state index contributed by atoms with van der Waals surface area (Å²) in [5.74, 6) is 0.648. The molecule has 1 aromatic rings. The normalized spacial score (nSPS) is 10.2. The van der Waals surface area contributed by atoms with E-state index in [1.54, 1.807) is 25.4 Å². The van der Waals surface area contributed by atoms with Crippen molar-refractivity contribution in [1.29, 1.82) is 0 Å². The topological polar surface area (TPSA) is 83.1 Å². The minimum absolute atomic E-state index is 0.0565. The zero-order valence-electron chi connectivity index (χ0n) is 12.2. The van der Waals surface area contributed by atoms with Crippen molar-refractivity contribution in [2.75, 3.05) is 25.5 Å². The maximum atomic E-state index is 11.9. The number of carbonyl (C=O) groups is 2. The molecule has 0 bridgehead atoms. The van der Waals surface area contributed by atoms with Crippen molar-refractivity contribution in [1.82, 2.24) is 15.6 Å². The first-order chi connectivity index (χ1) is 9.54. The Morgan fingerprint density at radius 1 is 1.30 bits per heavy atom. The summed E-state index contributed by atoms with van der Waals surface area (Å²) in [7, 11) is 1.71. The monoisotopic (exact) mass is 278 g/mol. The molecule has 20 heavy (non-hydrogen) atoms. The summed E-state index contributed by atoms with van der Waals surface area (Å²) in [5.41, 5.74) is 0.470. The van der Waals surface area contributed by atoms with Crippen molar-refractivity contribution >= 4 is 17.6 Å². The number of nitrogens with zero attached hydrogens (tertiary/aromatic N) is 1. The Bertz CT molecular complexity index is 460. The van der Waals surface area contributed by atoms with Crippen LogP contribution >= 0.6 is 0 Å². The van der Waals surface area contributed by atoms with E-state index in [0.717, 1.165) is 0 Å². The number of hydrogen-bond donors (Lipinski definition) is 3. The molecule has 110 valence electrons. The van der Waals surface area contributed by atoms with E-state index in [2.05, 4.69) is 20.9 Å². The molecular weight excluding hydrogens is 256 g/mol. The van der Waals surface area contributed by atoms with Crippen LogP contribution in [0.5, 0.6) is 0 Å². The number of anilines is 1. The third-order valence-electron chi connectivity index (χ3n) is 2.63. The average Bonchev–Trinajstić information content (AvgIpc) is 2.44. The molecule has 0 aliphatic heterocycles. The molecule has 0 spiro atoms. The van der Waals surface area contributed by atoms with Crippen molar-refractivity contribution in [3.05, 3.63) is 23.9 Å². The fourth-order valence-electron chi connectivity index (χ4n) is 1.58. The second-order valence-corrected chi connectivity index (χ2v) is 4.85. The highest BCUT2D eigenvalue weighted by molar-refractivity contribution is 5.98. The zero-order chi connectivity index (χ0) is 15.0. The van der Waals surface area contributed by atoms with Crippen LogP contribution in [0.1, 0.15) is 30.6 Å². The Morgan fingerprint density at radius 2 is 2.05 bits per heavy atom. The number of rotatable bonds is 7. The van der Waals surface area contributed by atoms with Crippen LogP contribution in [-0.4, -0.2) is 36.9 Å². The van der Waals surface area contributed by atoms with Gasteiger partial charge in [-0.3, -0.25) is 9.59 Å². The summed E-state index contributed by atoms with van der Waals surface area (Å²) in [6.07, 6.45) is 1.88. The van der Waals surface area contributed by atoms with Gasteiger partial charge >= 0.3 is 0 Å². The van der Waals surface area contributed by atoms with E-state index in [1.165, 1.54) is 0 Å². The third-order valence-corrected chi connectivity index (χ3v) is 2.63. The minimum atomic E-state index is -0.237. The molecule has 1 rings (SSSR count). The van der Waals surface area contributed by atoms with Gasteiger partial charge in [0.2, 0.25) is 5.91 Å². The van der Waals surface area contributed by atoms with Crippen molar-refractivity contribution in [3.63, 3.8) is 0 Å². The van der Waals surface area contributed by atoms with E-state index in [-0.39, 0.29) is 18.2 Å². The molecule has 0 atom stereocenters. The van der Waals surface area contributed by atoms with Gasteiger partial charge in [-0.25, -0.2) is 4.98 Å². The van der Waals surface area contributed by atoms with Crippen LogP contribution in [0.3, 0.4) is 0 Å². The molecule has 0 aliphatic carbocycles. The minimum Gasteiger partial charge on any atom is -0.372 e. The summed E-state index contributed by atoms with van der Waals surface area (Å²) < 4.78 is 0. The molecule has 1 heterocycles. The second kappa shape index (κ2) is 8.14. The number of aromatic nitrogens is 1. The van der Waals surface area contributed by atoms with E-state index in [4.69, 9.17) is 0 Å². The van der Waals surface area contributed by atoms with Crippen molar-refractivity contribution in [3.8, 4) is 0 Å². The quantitative estimate of drug-likeness (QED) is 0.695. The van der Waals surface area contributed by atoms with Gasteiger partial charge in [-0.05, 0) is 18.1 Å². The van der Waals surface area contributed by atoms with Gasteiger partial charge in [-0.15, -0.1) is 0 Å². The fraction of sp³-hybridized carbons (Fsp3) is 0.500. The Morgan fingerprint density at radius 3 is 2.70 bits per heavy atom. The number of carbonyl (C=O) groups excluding carboxylic acids is 2. The van der Waals surface area contributed by atoms with Gasteiger partial charge in [0.15, 0.2) is 0 Å². The average molecular weight is 278 g/mol. The molecule has 6 nitrogen and oxygen atoms in total. The Kier molecular flexibility index (Phi) is 6.49. The van der Waals surface area contributed by atoms with Crippen LogP contribution in [0.4, 0.5) is 5.82 Å². The van der Waals surface area contributed by atoms with Crippen molar-refractivity contribution < 1.29 is 9.59 Å². The lowest BCUT2D eigenvalue weighted by atomic mass is 10.2. The van der Waals surface area contributed by atoms with Crippen molar-refractivity contribution in [2.24, 2.45) is 5.92 Å². The van der Waals surface area contributed by atoms with Crippen molar-refractivity contribution in [2.45, 2.75) is 20.3 Å². The molecule has 0 saturated carbocycles. The first-order valence-corrected chi connectivity index (χ1v) is 6.72. The standard InChI is InChI=1S/C14H22N4O2/c1-10(2)9-18-12(19)6-8-17-14(20)11-5-4-7-16-13(11)15-3/h4-5,7,10H,6,8-9H2,1-3H3,(H,15,16)(H,17,20)(H,18,19). The highest BCUT2D eigenvalue weighted by atomic mass is 16.2. The lowest BCUT2D eigenvalue weighted by Crippen LogP contribution is -2.32. The lowest BCUT2D eigenvalue weighted by Gasteiger charge is -2.10. The van der Waals surface area contributed by atoms with E-state index in [0.29, 0.717) is 30.4 Å². The van der Waals surface area contributed by atoms with Crippen LogP contribution < -0.4 is 16.0 Å². The molecule has 0 saturated heterocycles. The zero-order valence-corrected chi connectivity index (χ0v) is 12.2. The second-order valence-electron chi connectivity index (χ2n) is 4.85. The van der Waals surface area contributed by atoms with Gasteiger partial charge in [0.1, 0.15) is 5.82 Å². The predicted molar refractivity (Wildman–Crippen MR) is 78.6 cm³/mol. The van der Waals surface area contributed by atoms with E-state index in [9.17, 15) is 9.59 Å². The number of hydrogen-bond acceptors (Lipinski definition) is 4. The molecule has 0 fully saturated rings. The number of pyridine rings is 1. The number of nitrogens with one attached hydrogen (secondary N) is 3. The molecule has 0 aromatic carbocycles. The SMILES string of the molecule is CNc1ncccc1C(=O)NCCC(=O)NCC(C)C. The lowest BCUT2D eigenvalue weighted by molar-refractivity contribution is -0.121. The van der Waals surface area contributed by atoms with E-state index in [1.807, 2.05) is 13.8 Å². The summed E-state index contributed by atoms with van der Waals surface area (Å²) in [4.78, 5) is 27.5. The summed E-state index contributed by atoms with van der Waals surface area (Å²) in [6.45, 7) is 5.02. The Hall–Kier alpha value is -2.11. The number of amides is 2. The highest BCUT2D eigenvalue weighted by Gasteiger charge is 2.11. The van der Waals surface area contributed by atoms with Gasteiger partial charge < -0.3 is 16.0 Å². The maximum absolute atomic E-state index is 11.9. The highest BCUT2D eigenvalue weighted by Crippen LogP contribution is 2.09. The molecule has 3 N–H and O–H groups in total.